The lowest BCUT2D eigenvalue weighted by Gasteiger charge is -2.09. The largest absolute Gasteiger partial charge is 0.496 e. The van der Waals surface area contributed by atoms with Crippen LogP contribution in [0.15, 0.2) is 72.8 Å². The first-order chi connectivity index (χ1) is 13.7. The van der Waals surface area contributed by atoms with Gasteiger partial charge in [-0.05, 0) is 54.1 Å². The van der Waals surface area contributed by atoms with Crippen molar-refractivity contribution in [3.63, 3.8) is 0 Å². The number of ether oxygens (including phenoxy) is 1. The highest BCUT2D eigenvalue weighted by atomic mass is 35.5. The van der Waals surface area contributed by atoms with Gasteiger partial charge < -0.3 is 4.74 Å². The van der Waals surface area contributed by atoms with Gasteiger partial charge in [-0.1, -0.05) is 47.7 Å². The number of rotatable bonds is 5. The van der Waals surface area contributed by atoms with Gasteiger partial charge in [0, 0.05) is 16.1 Å². The van der Waals surface area contributed by atoms with Crippen molar-refractivity contribution >= 4 is 17.5 Å². The maximum Gasteiger partial charge on any atom is 0.278 e. The van der Waals surface area contributed by atoms with E-state index in [1.807, 2.05) is 48.5 Å². The normalized spacial score (nSPS) is 9.93. The van der Waals surface area contributed by atoms with Gasteiger partial charge in [0.1, 0.15) is 5.75 Å². The van der Waals surface area contributed by atoms with Crippen molar-refractivity contribution in [2.75, 3.05) is 7.11 Å². The third kappa shape index (κ3) is 5.37. The molecular weight excluding hydrogens is 374 g/mol. The van der Waals surface area contributed by atoms with E-state index in [-0.39, 0.29) is 12.5 Å². The average Bonchev–Trinajstić information content (AvgIpc) is 2.74. The van der Waals surface area contributed by atoms with Gasteiger partial charge >= 0.3 is 0 Å². The minimum absolute atomic E-state index is 0.242. The van der Waals surface area contributed by atoms with Gasteiger partial charge in [0.2, 0.25) is 0 Å². The number of carbonyl (C=O) groups is 1. The summed E-state index contributed by atoms with van der Waals surface area (Å²) in [4.78, 5) is 17.5. The maximum atomic E-state index is 12.2. The van der Waals surface area contributed by atoms with E-state index in [1.165, 1.54) is 7.11 Å². The molecule has 28 heavy (non-hydrogen) atoms. The molecule has 0 radical (unpaired) electrons. The molecule has 0 aromatic heterocycles. The van der Waals surface area contributed by atoms with Crippen molar-refractivity contribution in [1.29, 1.82) is 0 Å². The molecule has 0 unspecified atom stereocenters. The summed E-state index contributed by atoms with van der Waals surface area (Å²) in [6.07, 6.45) is 0. The molecule has 3 rings (SSSR count). The molecule has 4 nitrogen and oxygen atoms in total. The van der Waals surface area contributed by atoms with Crippen molar-refractivity contribution in [3.05, 3.63) is 100 Å². The summed E-state index contributed by atoms with van der Waals surface area (Å²) < 4.78 is 5.17. The van der Waals surface area contributed by atoms with Crippen LogP contribution in [0.2, 0.25) is 5.02 Å². The zero-order valence-electron chi connectivity index (χ0n) is 15.2. The molecule has 5 heteroatoms. The second kappa shape index (κ2) is 9.61. The molecule has 0 bridgehead atoms. The topological polar surface area (TPSA) is 47.6 Å². The van der Waals surface area contributed by atoms with Crippen LogP contribution in [0.5, 0.6) is 5.75 Å². The maximum absolute atomic E-state index is 12.2. The monoisotopic (exact) mass is 391 g/mol. The number of hydrogen-bond donors (Lipinski definition) is 1. The van der Waals surface area contributed by atoms with Crippen LogP contribution in [-0.2, 0) is 11.4 Å². The molecule has 0 atom stereocenters. The van der Waals surface area contributed by atoms with Crippen molar-refractivity contribution in [3.8, 4) is 17.6 Å². The molecule has 0 fully saturated rings. The van der Waals surface area contributed by atoms with E-state index in [0.717, 1.165) is 16.7 Å². The van der Waals surface area contributed by atoms with Crippen LogP contribution in [0.4, 0.5) is 0 Å². The van der Waals surface area contributed by atoms with Crippen molar-refractivity contribution < 1.29 is 14.4 Å². The SMILES string of the molecule is COc1ccccc1C(=O)NOCc1ccc(C#Cc2ccc(Cl)cc2)cc1. The Morgan fingerprint density at radius 2 is 1.54 bits per heavy atom. The summed E-state index contributed by atoms with van der Waals surface area (Å²) >= 11 is 5.86. The highest BCUT2D eigenvalue weighted by Gasteiger charge is 2.11. The van der Waals surface area contributed by atoms with E-state index in [2.05, 4.69) is 17.3 Å². The molecule has 0 aliphatic rings. The van der Waals surface area contributed by atoms with Crippen molar-refractivity contribution in [1.82, 2.24) is 5.48 Å². The Labute approximate surface area is 169 Å². The molecule has 0 saturated carbocycles. The van der Waals surface area contributed by atoms with Crippen LogP contribution in [0, 0.1) is 11.8 Å². The second-order valence-electron chi connectivity index (χ2n) is 5.87. The Kier molecular flexibility index (Phi) is 6.69. The molecule has 0 aliphatic heterocycles. The van der Waals surface area contributed by atoms with Crippen LogP contribution < -0.4 is 10.2 Å². The molecule has 1 N–H and O–H groups in total. The summed E-state index contributed by atoms with van der Waals surface area (Å²) in [7, 11) is 1.52. The number of carbonyl (C=O) groups excluding carboxylic acids is 1. The van der Waals surface area contributed by atoms with E-state index in [1.54, 1.807) is 24.3 Å². The number of nitrogens with one attached hydrogen (secondary N) is 1. The highest BCUT2D eigenvalue weighted by molar-refractivity contribution is 6.30. The van der Waals surface area contributed by atoms with E-state index in [9.17, 15) is 4.79 Å². The Morgan fingerprint density at radius 3 is 2.18 bits per heavy atom. The van der Waals surface area contributed by atoms with Crippen LogP contribution in [0.25, 0.3) is 0 Å². The number of hydrogen-bond acceptors (Lipinski definition) is 3. The molecule has 0 heterocycles. The molecule has 3 aromatic rings. The predicted octanol–water partition coefficient (Wildman–Crippen LogP) is 4.61. The van der Waals surface area contributed by atoms with E-state index < -0.39 is 0 Å². The highest BCUT2D eigenvalue weighted by Crippen LogP contribution is 2.17. The third-order valence-corrected chi connectivity index (χ3v) is 4.16. The fraction of sp³-hybridized carbons (Fsp3) is 0.0870. The minimum Gasteiger partial charge on any atom is -0.496 e. The number of amides is 1. The van der Waals surface area contributed by atoms with Gasteiger partial charge in [-0.2, -0.15) is 0 Å². The predicted molar refractivity (Wildman–Crippen MR) is 109 cm³/mol. The summed E-state index contributed by atoms with van der Waals surface area (Å²) in [5.74, 6) is 6.32. The molecule has 3 aromatic carbocycles. The first-order valence-corrected chi connectivity index (χ1v) is 8.95. The zero-order valence-corrected chi connectivity index (χ0v) is 16.0. The smallest absolute Gasteiger partial charge is 0.278 e. The lowest BCUT2D eigenvalue weighted by atomic mass is 10.1. The van der Waals surface area contributed by atoms with Crippen LogP contribution in [-0.4, -0.2) is 13.0 Å². The molecule has 0 spiro atoms. The van der Waals surface area contributed by atoms with Gasteiger partial charge in [-0.3, -0.25) is 9.63 Å². The molecule has 0 saturated heterocycles. The molecule has 0 aliphatic carbocycles. The van der Waals surface area contributed by atoms with Gasteiger partial charge in [0.15, 0.2) is 0 Å². The Morgan fingerprint density at radius 1 is 0.929 bits per heavy atom. The van der Waals surface area contributed by atoms with Crippen molar-refractivity contribution in [2.45, 2.75) is 6.61 Å². The number of halogens is 1. The van der Waals surface area contributed by atoms with E-state index in [0.29, 0.717) is 16.3 Å². The van der Waals surface area contributed by atoms with Gasteiger partial charge in [-0.15, -0.1) is 0 Å². The molecule has 140 valence electrons. The first-order valence-electron chi connectivity index (χ1n) is 8.57. The minimum atomic E-state index is -0.358. The quantitative estimate of drug-likeness (QED) is 0.510. The Hall–Kier alpha value is -3.26. The van der Waals surface area contributed by atoms with Crippen LogP contribution >= 0.6 is 11.6 Å². The fourth-order valence-corrected chi connectivity index (χ4v) is 2.56. The number of benzene rings is 3. The second-order valence-corrected chi connectivity index (χ2v) is 6.31. The summed E-state index contributed by atoms with van der Waals surface area (Å²) in [6.45, 7) is 0.242. The Bertz CT molecular complexity index is 1000. The Balaban J connectivity index is 1.53. The van der Waals surface area contributed by atoms with E-state index in [4.69, 9.17) is 21.2 Å². The summed E-state index contributed by atoms with van der Waals surface area (Å²) in [5, 5.41) is 0.688. The number of hydroxylamine groups is 1. The first kappa shape index (κ1) is 19.5. The fourth-order valence-electron chi connectivity index (χ4n) is 2.43. The summed E-state index contributed by atoms with van der Waals surface area (Å²) in [6, 6.07) is 22.0. The standard InChI is InChI=1S/C23H18ClNO3/c1-27-22-5-3-2-4-21(22)23(26)25-28-16-19-10-8-17(9-11-19)6-7-18-12-14-20(24)15-13-18/h2-5,8-15H,16H2,1H3,(H,25,26). The molecule has 1 amide bonds. The summed E-state index contributed by atoms with van der Waals surface area (Å²) in [5.41, 5.74) is 5.54. The number of para-hydroxylation sites is 1. The van der Waals surface area contributed by atoms with Crippen molar-refractivity contribution in [2.24, 2.45) is 0 Å². The zero-order chi connectivity index (χ0) is 19.8. The third-order valence-electron chi connectivity index (χ3n) is 3.90. The van der Waals surface area contributed by atoms with Crippen LogP contribution in [0.1, 0.15) is 27.0 Å². The van der Waals surface area contributed by atoms with Gasteiger partial charge in [-0.25, -0.2) is 5.48 Å². The number of methoxy groups -OCH3 is 1. The van der Waals surface area contributed by atoms with E-state index >= 15 is 0 Å². The molecular formula is C23H18ClNO3. The lowest BCUT2D eigenvalue weighted by molar-refractivity contribution is 0.0231. The van der Waals surface area contributed by atoms with Crippen LogP contribution in [0.3, 0.4) is 0 Å². The average molecular weight is 392 g/mol. The van der Waals surface area contributed by atoms with Gasteiger partial charge in [0.25, 0.3) is 5.91 Å². The lowest BCUT2D eigenvalue weighted by Crippen LogP contribution is -2.24. The van der Waals surface area contributed by atoms with Gasteiger partial charge in [0.05, 0.1) is 19.3 Å².